The molecule has 0 saturated carbocycles. The maximum absolute atomic E-state index is 11.5. The van der Waals surface area contributed by atoms with E-state index in [1.165, 1.54) is 5.56 Å². The molecule has 1 unspecified atom stereocenters. The van der Waals surface area contributed by atoms with Crippen LogP contribution in [-0.4, -0.2) is 17.7 Å². The quantitative estimate of drug-likeness (QED) is 0.858. The summed E-state index contributed by atoms with van der Waals surface area (Å²) in [6.07, 6.45) is 2.30. The number of fused-ring (bicyclic) bond motifs is 1. The summed E-state index contributed by atoms with van der Waals surface area (Å²) in [5.41, 5.74) is 1.34. The Morgan fingerprint density at radius 3 is 2.55 bits per heavy atom. The van der Waals surface area contributed by atoms with Gasteiger partial charge in [0.05, 0.1) is 12.2 Å². The van der Waals surface area contributed by atoms with E-state index in [4.69, 9.17) is 4.74 Å². The van der Waals surface area contributed by atoms with Crippen LogP contribution in [0.2, 0.25) is 0 Å². The van der Waals surface area contributed by atoms with E-state index in [0.29, 0.717) is 19.4 Å². The van der Waals surface area contributed by atoms with Crippen molar-refractivity contribution in [2.75, 3.05) is 6.61 Å². The number of ether oxygens (including phenoxy) is 1. The second-order valence-corrected chi connectivity index (χ2v) is 6.27. The molecule has 0 amide bonds. The maximum atomic E-state index is 11.5. The Bertz CT molecular complexity index is 493. The third kappa shape index (κ3) is 2.88. The van der Waals surface area contributed by atoms with Crippen molar-refractivity contribution in [3.8, 4) is 0 Å². The van der Waals surface area contributed by atoms with Crippen molar-refractivity contribution in [3.05, 3.63) is 35.4 Å². The van der Waals surface area contributed by atoms with Crippen LogP contribution in [0.15, 0.2) is 24.3 Å². The van der Waals surface area contributed by atoms with Gasteiger partial charge in [-0.15, -0.1) is 0 Å². The van der Waals surface area contributed by atoms with Crippen molar-refractivity contribution in [2.24, 2.45) is 0 Å². The monoisotopic (exact) mass is 276 g/mol. The summed E-state index contributed by atoms with van der Waals surface area (Å²) in [6.45, 7) is 6.60. The Hall–Kier alpha value is -1.35. The molecule has 0 fully saturated rings. The summed E-state index contributed by atoms with van der Waals surface area (Å²) < 4.78 is 4.96. The summed E-state index contributed by atoms with van der Waals surface area (Å²) in [7, 11) is 0. The van der Waals surface area contributed by atoms with Gasteiger partial charge in [-0.1, -0.05) is 38.1 Å². The molecule has 1 N–H and O–H groups in total. The average molecular weight is 276 g/mol. The van der Waals surface area contributed by atoms with E-state index in [0.717, 1.165) is 12.0 Å². The zero-order chi connectivity index (χ0) is 14.8. The van der Waals surface area contributed by atoms with E-state index >= 15 is 0 Å². The third-order valence-electron chi connectivity index (χ3n) is 4.37. The minimum absolute atomic E-state index is 0.0761. The SMILES string of the molecule is CCOC(=O)CCC1(O)CCC(C)(C)c2ccccc21. The predicted octanol–water partition coefficient (Wildman–Crippen LogP) is 3.29. The van der Waals surface area contributed by atoms with Crippen LogP contribution in [0.25, 0.3) is 0 Å². The summed E-state index contributed by atoms with van der Waals surface area (Å²) in [6, 6.07) is 8.04. The Morgan fingerprint density at radius 1 is 1.25 bits per heavy atom. The van der Waals surface area contributed by atoms with Crippen LogP contribution >= 0.6 is 0 Å². The van der Waals surface area contributed by atoms with E-state index in [-0.39, 0.29) is 17.8 Å². The largest absolute Gasteiger partial charge is 0.466 e. The second-order valence-electron chi connectivity index (χ2n) is 6.27. The molecule has 3 nitrogen and oxygen atoms in total. The smallest absolute Gasteiger partial charge is 0.305 e. The van der Waals surface area contributed by atoms with Gasteiger partial charge in [0.15, 0.2) is 0 Å². The molecule has 1 atom stereocenters. The fourth-order valence-electron chi connectivity index (χ4n) is 3.07. The lowest BCUT2D eigenvalue weighted by molar-refractivity contribution is -0.145. The molecular formula is C17H24O3. The molecule has 20 heavy (non-hydrogen) atoms. The van der Waals surface area contributed by atoms with Crippen molar-refractivity contribution in [1.29, 1.82) is 0 Å². The standard InChI is InChI=1S/C17H24O3/c1-4-20-15(18)9-10-17(19)12-11-16(2,3)13-7-5-6-8-14(13)17/h5-8,19H,4,9-12H2,1-3H3. The summed E-state index contributed by atoms with van der Waals surface area (Å²) in [4.78, 5) is 11.5. The van der Waals surface area contributed by atoms with Gasteiger partial charge in [0.1, 0.15) is 0 Å². The van der Waals surface area contributed by atoms with Crippen LogP contribution in [0.5, 0.6) is 0 Å². The molecule has 1 aromatic carbocycles. The van der Waals surface area contributed by atoms with Gasteiger partial charge in [-0.3, -0.25) is 4.79 Å². The van der Waals surface area contributed by atoms with E-state index in [9.17, 15) is 9.90 Å². The van der Waals surface area contributed by atoms with Crippen LogP contribution in [0, 0.1) is 0 Å². The molecule has 0 bridgehead atoms. The van der Waals surface area contributed by atoms with Crippen LogP contribution < -0.4 is 0 Å². The fourth-order valence-corrected chi connectivity index (χ4v) is 3.07. The molecule has 2 rings (SSSR count). The first-order chi connectivity index (χ1) is 9.39. The van der Waals surface area contributed by atoms with Gasteiger partial charge < -0.3 is 9.84 Å². The predicted molar refractivity (Wildman–Crippen MR) is 78.5 cm³/mol. The number of rotatable bonds is 4. The molecule has 0 aliphatic heterocycles. The normalized spacial score (nSPS) is 24.0. The van der Waals surface area contributed by atoms with E-state index < -0.39 is 5.60 Å². The van der Waals surface area contributed by atoms with E-state index in [1.54, 1.807) is 6.92 Å². The van der Waals surface area contributed by atoms with Crippen molar-refractivity contribution in [3.63, 3.8) is 0 Å². The summed E-state index contributed by atoms with van der Waals surface area (Å²) in [5.74, 6) is -0.233. The molecule has 3 heteroatoms. The minimum Gasteiger partial charge on any atom is -0.466 e. The van der Waals surface area contributed by atoms with Crippen molar-refractivity contribution < 1.29 is 14.6 Å². The number of benzene rings is 1. The van der Waals surface area contributed by atoms with Crippen LogP contribution in [0.3, 0.4) is 0 Å². The van der Waals surface area contributed by atoms with E-state index in [1.807, 2.05) is 18.2 Å². The van der Waals surface area contributed by atoms with Crippen molar-refractivity contribution in [1.82, 2.24) is 0 Å². The topological polar surface area (TPSA) is 46.5 Å². The van der Waals surface area contributed by atoms with Crippen molar-refractivity contribution in [2.45, 2.75) is 57.5 Å². The first kappa shape index (κ1) is 15.0. The van der Waals surface area contributed by atoms with Gasteiger partial charge >= 0.3 is 5.97 Å². The first-order valence-electron chi connectivity index (χ1n) is 7.37. The van der Waals surface area contributed by atoms with Gasteiger partial charge in [0.2, 0.25) is 0 Å². The van der Waals surface area contributed by atoms with E-state index in [2.05, 4.69) is 19.9 Å². The highest BCUT2D eigenvalue weighted by Crippen LogP contribution is 2.46. The lowest BCUT2D eigenvalue weighted by Crippen LogP contribution is -2.38. The number of hydrogen-bond donors (Lipinski definition) is 1. The maximum Gasteiger partial charge on any atom is 0.305 e. The van der Waals surface area contributed by atoms with Crippen LogP contribution in [0.4, 0.5) is 0 Å². The second kappa shape index (κ2) is 5.57. The number of esters is 1. The molecule has 0 radical (unpaired) electrons. The highest BCUT2D eigenvalue weighted by Gasteiger charge is 2.41. The molecule has 0 aromatic heterocycles. The Balaban J connectivity index is 2.22. The van der Waals surface area contributed by atoms with Gasteiger partial charge in [0.25, 0.3) is 0 Å². The molecule has 0 saturated heterocycles. The van der Waals surface area contributed by atoms with Gasteiger partial charge in [0, 0.05) is 6.42 Å². The Morgan fingerprint density at radius 2 is 1.90 bits per heavy atom. The van der Waals surface area contributed by atoms with Gasteiger partial charge in [-0.05, 0) is 42.7 Å². The molecule has 0 heterocycles. The lowest BCUT2D eigenvalue weighted by Gasteiger charge is -2.42. The molecule has 110 valence electrons. The molecule has 1 aliphatic carbocycles. The number of aliphatic hydroxyl groups is 1. The number of carbonyl (C=O) groups is 1. The minimum atomic E-state index is -0.904. The average Bonchev–Trinajstić information content (AvgIpc) is 2.43. The highest BCUT2D eigenvalue weighted by atomic mass is 16.5. The van der Waals surface area contributed by atoms with Crippen molar-refractivity contribution >= 4 is 5.97 Å². The lowest BCUT2D eigenvalue weighted by atomic mass is 9.66. The third-order valence-corrected chi connectivity index (χ3v) is 4.37. The van der Waals surface area contributed by atoms with Crippen LogP contribution in [0.1, 0.15) is 57.6 Å². The number of carbonyl (C=O) groups excluding carboxylic acids is 1. The fraction of sp³-hybridized carbons (Fsp3) is 0.588. The molecule has 1 aromatic rings. The molecule has 1 aliphatic rings. The summed E-state index contributed by atoms with van der Waals surface area (Å²) in [5, 5.41) is 11.0. The van der Waals surface area contributed by atoms with Gasteiger partial charge in [-0.2, -0.15) is 0 Å². The first-order valence-corrected chi connectivity index (χ1v) is 7.37. The number of hydrogen-bond acceptors (Lipinski definition) is 3. The summed E-state index contributed by atoms with van der Waals surface area (Å²) >= 11 is 0. The van der Waals surface area contributed by atoms with Gasteiger partial charge in [-0.25, -0.2) is 0 Å². The highest BCUT2D eigenvalue weighted by molar-refractivity contribution is 5.69. The zero-order valence-electron chi connectivity index (χ0n) is 12.6. The molecule has 0 spiro atoms. The van der Waals surface area contributed by atoms with Crippen LogP contribution in [-0.2, 0) is 20.5 Å². The Kier molecular flexibility index (Phi) is 4.19. The zero-order valence-corrected chi connectivity index (χ0v) is 12.6. The molecular weight excluding hydrogens is 252 g/mol. The Labute approximate surface area is 121 Å².